The molecular formula is C26H48N4O3. The maximum Gasteiger partial charge on any atom is 0.323 e. The Balaban J connectivity index is -0.00000162. The van der Waals surface area contributed by atoms with E-state index in [1.165, 1.54) is 31.1 Å². The van der Waals surface area contributed by atoms with Crippen molar-refractivity contribution in [2.24, 2.45) is 5.92 Å². The highest BCUT2D eigenvalue weighted by atomic mass is 17.1. The topological polar surface area (TPSA) is 95.5 Å². The summed E-state index contributed by atoms with van der Waals surface area (Å²) in [5.74, 6) is 0.679. The number of pyridine rings is 1. The molecule has 2 amide bonds. The molecule has 33 heavy (non-hydrogen) atoms. The lowest BCUT2D eigenvalue weighted by Crippen LogP contribution is -2.21. The van der Waals surface area contributed by atoms with E-state index in [1.807, 2.05) is 31.2 Å². The van der Waals surface area contributed by atoms with Crippen LogP contribution in [0.4, 0.5) is 16.2 Å². The van der Waals surface area contributed by atoms with Crippen LogP contribution in [-0.4, -0.2) is 36.5 Å². The Hall–Kier alpha value is -2.48. The van der Waals surface area contributed by atoms with Crippen LogP contribution in [0.25, 0.3) is 0 Å². The number of aryl methyl sites for hydroxylation is 2. The number of nitrogens with zero attached hydrogens (tertiary/aromatic N) is 1. The number of hydrogen-bond acceptors (Lipinski definition) is 5. The molecule has 1 aromatic carbocycles. The van der Waals surface area contributed by atoms with Gasteiger partial charge in [-0.05, 0) is 87.4 Å². The first-order valence-electron chi connectivity index (χ1n) is 11.4. The van der Waals surface area contributed by atoms with Crippen LogP contribution in [-0.2, 0) is 17.7 Å². The fourth-order valence-corrected chi connectivity index (χ4v) is 3.43. The van der Waals surface area contributed by atoms with Crippen molar-refractivity contribution in [3.05, 3.63) is 53.3 Å². The molecule has 0 spiro atoms. The molecule has 0 aliphatic carbocycles. The van der Waals surface area contributed by atoms with Crippen molar-refractivity contribution in [2.75, 3.05) is 30.8 Å². The largest absolute Gasteiger partial charge is 0.323 e. The SMILES string of the molecule is C.CCCNCCC(C)CCc1cccc(NC(=O)Nc2ccc(C)nc2)c1CC.COO.[HH].[HH]. The lowest BCUT2D eigenvalue weighted by Gasteiger charge is -2.17. The number of rotatable bonds is 11. The van der Waals surface area contributed by atoms with Gasteiger partial charge in [0.15, 0.2) is 0 Å². The molecule has 0 aliphatic rings. The second-order valence-corrected chi connectivity index (χ2v) is 7.93. The predicted octanol–water partition coefficient (Wildman–Crippen LogP) is 6.79. The van der Waals surface area contributed by atoms with Crippen LogP contribution in [0.1, 0.15) is 67.1 Å². The molecule has 1 heterocycles. The van der Waals surface area contributed by atoms with Gasteiger partial charge >= 0.3 is 6.03 Å². The van der Waals surface area contributed by atoms with Gasteiger partial charge in [0, 0.05) is 14.2 Å². The van der Waals surface area contributed by atoms with E-state index in [9.17, 15) is 4.79 Å². The number of benzene rings is 1. The molecule has 2 aromatic rings. The van der Waals surface area contributed by atoms with Gasteiger partial charge in [-0.1, -0.05) is 40.3 Å². The minimum absolute atomic E-state index is 0. The normalized spacial score (nSPS) is 11.0. The number of aromatic nitrogens is 1. The first kappa shape index (κ1) is 30.5. The molecule has 1 atom stereocenters. The molecule has 1 aromatic heterocycles. The molecule has 7 heteroatoms. The van der Waals surface area contributed by atoms with Crippen LogP contribution in [0, 0.1) is 12.8 Å². The summed E-state index contributed by atoms with van der Waals surface area (Å²) in [7, 11) is 1.18. The van der Waals surface area contributed by atoms with Gasteiger partial charge in [0.25, 0.3) is 0 Å². The molecule has 0 fully saturated rings. The highest BCUT2D eigenvalue weighted by molar-refractivity contribution is 6.00. The third-order valence-electron chi connectivity index (χ3n) is 5.19. The van der Waals surface area contributed by atoms with Crippen molar-refractivity contribution >= 4 is 17.4 Å². The van der Waals surface area contributed by atoms with Crippen molar-refractivity contribution in [1.29, 1.82) is 0 Å². The lowest BCUT2D eigenvalue weighted by molar-refractivity contribution is -0.214. The number of amides is 2. The highest BCUT2D eigenvalue weighted by Gasteiger charge is 2.11. The quantitative estimate of drug-likeness (QED) is 0.167. The summed E-state index contributed by atoms with van der Waals surface area (Å²) in [5.41, 5.74) is 5.05. The summed E-state index contributed by atoms with van der Waals surface area (Å²) in [4.78, 5) is 19.9. The van der Waals surface area contributed by atoms with Crippen LogP contribution >= 0.6 is 0 Å². The standard InChI is InChI=1S/C24H36N4O.CH4O2.CH4.2H2/c1-5-15-25-16-14-18(3)10-12-20-8-7-9-23(22(20)6-2)28-24(29)27-21-13-11-19(4)26-17-21;1-3-2;;;/h7-9,11,13,17-18,25H,5-6,10,12,14-16H2,1-4H3,(H2,27,28,29);2H,1H3;1H4;2*1H. The fourth-order valence-electron chi connectivity index (χ4n) is 3.43. The highest BCUT2D eigenvalue weighted by Crippen LogP contribution is 2.24. The minimum atomic E-state index is -0.238. The number of nitrogens with one attached hydrogen (secondary N) is 3. The van der Waals surface area contributed by atoms with Crippen LogP contribution in [0.3, 0.4) is 0 Å². The summed E-state index contributed by atoms with van der Waals surface area (Å²) in [6.45, 7) is 10.8. The molecule has 1 unspecified atom stereocenters. The van der Waals surface area contributed by atoms with Crippen molar-refractivity contribution in [2.45, 2.75) is 67.2 Å². The molecule has 2 rings (SSSR count). The number of anilines is 2. The first-order chi connectivity index (χ1) is 15.4. The molecule has 0 bridgehead atoms. The Morgan fingerprint density at radius 3 is 2.48 bits per heavy atom. The van der Waals surface area contributed by atoms with E-state index in [1.54, 1.807) is 6.20 Å². The van der Waals surface area contributed by atoms with Gasteiger partial charge in [-0.2, -0.15) is 0 Å². The Kier molecular flexibility index (Phi) is 16.7. The molecular weight excluding hydrogens is 416 g/mol. The summed E-state index contributed by atoms with van der Waals surface area (Å²) in [6, 6.07) is 9.70. The summed E-state index contributed by atoms with van der Waals surface area (Å²) < 4.78 is 0. The fraction of sp³-hybridized carbons (Fsp3) is 0.538. The summed E-state index contributed by atoms with van der Waals surface area (Å²) in [6.07, 6.45) is 7.14. The van der Waals surface area contributed by atoms with Crippen molar-refractivity contribution in [1.82, 2.24) is 10.3 Å². The summed E-state index contributed by atoms with van der Waals surface area (Å²) >= 11 is 0. The molecule has 0 aliphatic heterocycles. The second kappa shape index (κ2) is 18.0. The van der Waals surface area contributed by atoms with Crippen molar-refractivity contribution in [3.8, 4) is 0 Å². The van der Waals surface area contributed by atoms with Gasteiger partial charge in [0.2, 0.25) is 0 Å². The zero-order valence-electron chi connectivity index (χ0n) is 20.2. The third kappa shape index (κ3) is 12.4. The third-order valence-corrected chi connectivity index (χ3v) is 5.19. The van der Waals surface area contributed by atoms with Gasteiger partial charge in [-0.25, -0.2) is 9.68 Å². The van der Waals surface area contributed by atoms with E-state index < -0.39 is 0 Å². The molecule has 190 valence electrons. The number of hydrogen-bond donors (Lipinski definition) is 4. The van der Waals surface area contributed by atoms with E-state index in [2.05, 4.69) is 52.7 Å². The van der Waals surface area contributed by atoms with E-state index >= 15 is 0 Å². The monoisotopic (exact) mass is 464 g/mol. The zero-order valence-corrected chi connectivity index (χ0v) is 20.2. The number of urea groups is 1. The Morgan fingerprint density at radius 2 is 1.88 bits per heavy atom. The van der Waals surface area contributed by atoms with E-state index in [-0.39, 0.29) is 16.3 Å². The molecule has 0 radical (unpaired) electrons. The van der Waals surface area contributed by atoms with Crippen LogP contribution in [0.5, 0.6) is 0 Å². The molecule has 7 nitrogen and oxygen atoms in total. The van der Waals surface area contributed by atoms with Gasteiger partial charge < -0.3 is 16.0 Å². The molecule has 0 saturated heterocycles. The zero-order chi connectivity index (χ0) is 23.8. The van der Waals surface area contributed by atoms with E-state index in [0.29, 0.717) is 11.6 Å². The van der Waals surface area contributed by atoms with Gasteiger partial charge in [-0.15, -0.1) is 0 Å². The summed E-state index contributed by atoms with van der Waals surface area (Å²) in [5, 5.41) is 16.4. The number of carbonyl (C=O) groups excluding carboxylic acids is 1. The van der Waals surface area contributed by atoms with Gasteiger partial charge in [0.05, 0.1) is 19.0 Å². The average Bonchev–Trinajstić information content (AvgIpc) is 2.77. The molecule has 4 N–H and O–H groups in total. The van der Waals surface area contributed by atoms with Crippen molar-refractivity contribution in [3.63, 3.8) is 0 Å². The van der Waals surface area contributed by atoms with Crippen LogP contribution in [0.15, 0.2) is 36.5 Å². The molecule has 0 saturated carbocycles. The smallest absolute Gasteiger partial charge is 0.317 e. The maximum absolute atomic E-state index is 12.4. The van der Waals surface area contributed by atoms with Gasteiger partial charge in [0.1, 0.15) is 0 Å². The van der Waals surface area contributed by atoms with E-state index in [4.69, 9.17) is 5.26 Å². The Morgan fingerprint density at radius 1 is 1.15 bits per heavy atom. The van der Waals surface area contributed by atoms with Crippen molar-refractivity contribution < 1.29 is 17.8 Å². The number of carbonyl (C=O) groups is 1. The second-order valence-electron chi connectivity index (χ2n) is 7.93. The van der Waals surface area contributed by atoms with Crippen LogP contribution in [0.2, 0.25) is 0 Å². The van der Waals surface area contributed by atoms with Gasteiger partial charge in [-0.3, -0.25) is 10.2 Å². The Bertz CT molecular complexity index is 793. The minimum Gasteiger partial charge on any atom is -0.317 e. The van der Waals surface area contributed by atoms with Crippen LogP contribution < -0.4 is 16.0 Å². The predicted molar refractivity (Wildman–Crippen MR) is 143 cm³/mol. The van der Waals surface area contributed by atoms with E-state index in [0.717, 1.165) is 43.7 Å². The first-order valence-corrected chi connectivity index (χ1v) is 11.4. The lowest BCUT2D eigenvalue weighted by atomic mass is 9.94. The Labute approximate surface area is 203 Å². The average molecular weight is 465 g/mol. The maximum atomic E-state index is 12.4.